The fourth-order valence-electron chi connectivity index (χ4n) is 3.03. The number of hydrogen-bond acceptors (Lipinski definition) is 7. The van der Waals surface area contributed by atoms with Gasteiger partial charge < -0.3 is 25.1 Å². The van der Waals surface area contributed by atoms with Gasteiger partial charge in [-0.15, -0.1) is 0 Å². The van der Waals surface area contributed by atoms with Gasteiger partial charge in [0.25, 0.3) is 0 Å². The summed E-state index contributed by atoms with van der Waals surface area (Å²) in [5, 5.41) is 18.9. The lowest BCUT2D eigenvalue weighted by Crippen LogP contribution is -2.23. The number of fused-ring (bicyclic) bond motifs is 1. The maximum atomic E-state index is 11.3. The van der Waals surface area contributed by atoms with Crippen molar-refractivity contribution in [3.05, 3.63) is 35.0 Å². The molecule has 0 saturated heterocycles. The van der Waals surface area contributed by atoms with E-state index in [-0.39, 0.29) is 23.7 Å². The van der Waals surface area contributed by atoms with Crippen LogP contribution in [0.25, 0.3) is 11.1 Å². The Bertz CT molecular complexity index is 936. The van der Waals surface area contributed by atoms with Crippen LogP contribution in [0.4, 0.5) is 5.82 Å². The molecule has 3 rings (SSSR count). The molecule has 2 heterocycles. The van der Waals surface area contributed by atoms with Crippen LogP contribution in [-0.4, -0.2) is 35.9 Å². The third-order valence-electron chi connectivity index (χ3n) is 4.36. The second-order valence-corrected chi connectivity index (χ2v) is 6.02. The summed E-state index contributed by atoms with van der Waals surface area (Å²) in [6.07, 6.45) is -0.541. The topological polar surface area (TPSA) is 128 Å². The summed E-state index contributed by atoms with van der Waals surface area (Å²) in [7, 11) is 1.46. The van der Waals surface area contributed by atoms with E-state index in [0.29, 0.717) is 29.9 Å². The Balaban J connectivity index is 2.30. The number of anilines is 1. The van der Waals surface area contributed by atoms with E-state index < -0.39 is 12.1 Å². The van der Waals surface area contributed by atoms with E-state index in [2.05, 4.69) is 11.1 Å². The van der Waals surface area contributed by atoms with Crippen LogP contribution in [0.1, 0.15) is 23.7 Å². The summed E-state index contributed by atoms with van der Waals surface area (Å²) in [5.41, 5.74) is 8.76. The zero-order valence-electron chi connectivity index (χ0n) is 15.0. The lowest BCUT2D eigenvalue weighted by Gasteiger charge is -2.24. The van der Waals surface area contributed by atoms with E-state index in [1.165, 1.54) is 14.0 Å². The first-order valence-corrected chi connectivity index (χ1v) is 8.33. The van der Waals surface area contributed by atoms with E-state index in [9.17, 15) is 15.2 Å². The Hall–Kier alpha value is -3.31. The Labute approximate surface area is 156 Å². The standard InChI is InChI=1S/C19H19N3O5/c1-10(19(23)24)27-17-11(4-3-5-15(17)25-2)16-12(8-20)18(21)22-14-6-7-26-9-13(14)16/h3-5,10H,6-7,9H2,1-2H3,(H2,21,22)(H,23,24). The Morgan fingerprint density at radius 3 is 2.93 bits per heavy atom. The van der Waals surface area contributed by atoms with E-state index in [1.54, 1.807) is 18.2 Å². The van der Waals surface area contributed by atoms with Gasteiger partial charge >= 0.3 is 5.97 Å². The zero-order valence-corrected chi connectivity index (χ0v) is 15.0. The number of carboxylic acid groups (broad SMARTS) is 1. The Kier molecular flexibility index (Phi) is 5.14. The molecular formula is C19H19N3O5. The molecule has 8 heteroatoms. The minimum Gasteiger partial charge on any atom is -0.493 e. The van der Waals surface area contributed by atoms with Crippen LogP contribution in [0.15, 0.2) is 18.2 Å². The summed E-state index contributed by atoms with van der Waals surface area (Å²) >= 11 is 0. The highest BCUT2D eigenvalue weighted by Crippen LogP contribution is 2.43. The number of aliphatic carboxylic acids is 1. The van der Waals surface area contributed by atoms with Crippen molar-refractivity contribution in [3.8, 4) is 28.7 Å². The van der Waals surface area contributed by atoms with Gasteiger partial charge in [0.15, 0.2) is 17.6 Å². The fourth-order valence-corrected chi connectivity index (χ4v) is 3.03. The third kappa shape index (κ3) is 3.37. The quantitative estimate of drug-likeness (QED) is 0.820. The van der Waals surface area contributed by atoms with Gasteiger partial charge in [0.2, 0.25) is 0 Å². The van der Waals surface area contributed by atoms with Crippen molar-refractivity contribution >= 4 is 11.8 Å². The van der Waals surface area contributed by atoms with Crippen molar-refractivity contribution in [2.45, 2.75) is 26.1 Å². The number of para-hydroxylation sites is 1. The van der Waals surface area contributed by atoms with Crippen LogP contribution in [0.3, 0.4) is 0 Å². The molecule has 1 aliphatic heterocycles. The summed E-state index contributed by atoms with van der Waals surface area (Å²) < 4.78 is 16.6. The van der Waals surface area contributed by atoms with Gasteiger partial charge in [0.1, 0.15) is 17.5 Å². The normalized spacial score (nSPS) is 14.0. The number of methoxy groups -OCH3 is 1. The van der Waals surface area contributed by atoms with Gasteiger partial charge in [-0.1, -0.05) is 12.1 Å². The number of hydrogen-bond donors (Lipinski definition) is 2. The van der Waals surface area contributed by atoms with E-state index in [0.717, 1.165) is 11.3 Å². The molecule has 0 amide bonds. The number of ether oxygens (including phenoxy) is 3. The Morgan fingerprint density at radius 1 is 1.48 bits per heavy atom. The van der Waals surface area contributed by atoms with E-state index in [4.69, 9.17) is 19.9 Å². The number of pyridine rings is 1. The average molecular weight is 369 g/mol. The van der Waals surface area contributed by atoms with Crippen LogP contribution in [0, 0.1) is 11.3 Å². The van der Waals surface area contributed by atoms with Crippen molar-refractivity contribution < 1.29 is 24.1 Å². The molecule has 0 spiro atoms. The highest BCUT2D eigenvalue weighted by molar-refractivity contribution is 5.84. The van der Waals surface area contributed by atoms with Crippen LogP contribution in [-0.2, 0) is 22.6 Å². The molecule has 3 N–H and O–H groups in total. The second-order valence-electron chi connectivity index (χ2n) is 6.02. The number of nitriles is 1. The number of nitrogens with zero attached hydrogens (tertiary/aromatic N) is 2. The molecule has 27 heavy (non-hydrogen) atoms. The molecule has 1 atom stereocenters. The number of nitrogen functional groups attached to an aromatic ring is 1. The number of aromatic nitrogens is 1. The molecule has 140 valence electrons. The highest BCUT2D eigenvalue weighted by atomic mass is 16.5. The molecule has 0 aliphatic carbocycles. The van der Waals surface area contributed by atoms with Crippen LogP contribution >= 0.6 is 0 Å². The molecule has 0 radical (unpaired) electrons. The zero-order chi connectivity index (χ0) is 19.6. The molecule has 0 fully saturated rings. The largest absolute Gasteiger partial charge is 0.493 e. The molecule has 2 aromatic rings. The van der Waals surface area contributed by atoms with Crippen molar-refractivity contribution in [1.82, 2.24) is 4.98 Å². The lowest BCUT2D eigenvalue weighted by atomic mass is 9.92. The van der Waals surface area contributed by atoms with Crippen molar-refractivity contribution in [2.24, 2.45) is 0 Å². The first-order valence-electron chi connectivity index (χ1n) is 8.33. The second kappa shape index (κ2) is 7.51. The molecule has 0 saturated carbocycles. The molecule has 1 aromatic heterocycles. The van der Waals surface area contributed by atoms with Crippen LogP contribution in [0.5, 0.6) is 11.5 Å². The minimum absolute atomic E-state index is 0.119. The van der Waals surface area contributed by atoms with Gasteiger partial charge in [-0.05, 0) is 13.0 Å². The summed E-state index contributed by atoms with van der Waals surface area (Å²) in [6, 6.07) is 7.23. The van der Waals surface area contributed by atoms with Gasteiger partial charge in [0.05, 0.1) is 26.0 Å². The SMILES string of the molecule is COc1cccc(-c2c(C#N)c(N)nc3c2COCC3)c1OC(C)C(=O)O. The van der Waals surface area contributed by atoms with E-state index >= 15 is 0 Å². The van der Waals surface area contributed by atoms with Gasteiger partial charge in [-0.25, -0.2) is 9.78 Å². The fraction of sp³-hybridized carbons (Fsp3) is 0.316. The number of nitrogens with two attached hydrogens (primary N) is 1. The smallest absolute Gasteiger partial charge is 0.344 e. The van der Waals surface area contributed by atoms with Crippen LogP contribution in [0.2, 0.25) is 0 Å². The summed E-state index contributed by atoms with van der Waals surface area (Å²) in [4.78, 5) is 15.6. The van der Waals surface area contributed by atoms with Crippen LogP contribution < -0.4 is 15.2 Å². The van der Waals surface area contributed by atoms with Gasteiger partial charge in [-0.2, -0.15) is 5.26 Å². The molecule has 1 unspecified atom stereocenters. The predicted molar refractivity (Wildman–Crippen MR) is 96.4 cm³/mol. The monoisotopic (exact) mass is 369 g/mol. The minimum atomic E-state index is -1.12. The summed E-state index contributed by atoms with van der Waals surface area (Å²) in [5.74, 6) is -0.421. The van der Waals surface area contributed by atoms with Crippen molar-refractivity contribution in [2.75, 3.05) is 19.5 Å². The lowest BCUT2D eigenvalue weighted by molar-refractivity contribution is -0.144. The third-order valence-corrected chi connectivity index (χ3v) is 4.36. The number of carbonyl (C=O) groups is 1. The van der Waals surface area contributed by atoms with Gasteiger partial charge in [-0.3, -0.25) is 0 Å². The molecular weight excluding hydrogens is 350 g/mol. The molecule has 1 aliphatic rings. The number of rotatable bonds is 5. The first kappa shape index (κ1) is 18.5. The predicted octanol–water partition coefficient (Wildman–Crippen LogP) is 2.14. The van der Waals surface area contributed by atoms with E-state index in [1.807, 2.05) is 0 Å². The first-order chi connectivity index (χ1) is 13.0. The van der Waals surface area contributed by atoms with Gasteiger partial charge in [0, 0.05) is 23.1 Å². The number of carboxylic acids is 1. The molecule has 1 aromatic carbocycles. The van der Waals surface area contributed by atoms with Crippen molar-refractivity contribution in [3.63, 3.8) is 0 Å². The average Bonchev–Trinajstić information content (AvgIpc) is 2.67. The summed E-state index contributed by atoms with van der Waals surface area (Å²) in [6.45, 7) is 2.21. The molecule has 0 bridgehead atoms. The Morgan fingerprint density at radius 2 is 2.26 bits per heavy atom. The number of benzene rings is 1. The maximum Gasteiger partial charge on any atom is 0.344 e. The highest BCUT2D eigenvalue weighted by Gasteiger charge is 2.27. The molecule has 8 nitrogen and oxygen atoms in total. The maximum absolute atomic E-state index is 11.3. The van der Waals surface area contributed by atoms with Crippen molar-refractivity contribution in [1.29, 1.82) is 5.26 Å².